The van der Waals surface area contributed by atoms with Crippen LogP contribution in [0.3, 0.4) is 0 Å². The molecular weight excluding hydrogens is 330 g/mol. The summed E-state index contributed by atoms with van der Waals surface area (Å²) < 4.78 is 5.18. The molecule has 0 saturated carbocycles. The van der Waals surface area contributed by atoms with E-state index < -0.39 is 6.10 Å². The monoisotopic (exact) mass is 349 g/mol. The Morgan fingerprint density at radius 1 is 1.46 bits per heavy atom. The molecule has 1 aliphatic rings. The minimum absolute atomic E-state index is 0.0144. The van der Waals surface area contributed by atoms with Crippen molar-refractivity contribution in [1.82, 2.24) is 15.0 Å². The van der Waals surface area contributed by atoms with Gasteiger partial charge in [0, 0.05) is 24.4 Å². The highest BCUT2D eigenvalue weighted by Gasteiger charge is 2.38. The number of halogens is 1. The highest BCUT2D eigenvalue weighted by atomic mass is 35.5. The van der Waals surface area contributed by atoms with E-state index in [0.29, 0.717) is 37.5 Å². The number of aliphatic hydroxyl groups excluding tert-OH is 1. The van der Waals surface area contributed by atoms with Gasteiger partial charge < -0.3 is 14.5 Å². The van der Waals surface area contributed by atoms with Crippen LogP contribution in [0.25, 0.3) is 0 Å². The number of hydrogen-bond donors (Lipinski definition) is 1. The molecule has 6 nitrogen and oxygen atoms in total. The van der Waals surface area contributed by atoms with E-state index in [4.69, 9.17) is 16.1 Å². The first-order valence-electron chi connectivity index (χ1n) is 8.05. The predicted molar refractivity (Wildman–Crippen MR) is 88.5 cm³/mol. The Morgan fingerprint density at radius 3 is 2.96 bits per heavy atom. The molecule has 1 saturated heterocycles. The molecule has 3 rings (SSSR count). The van der Waals surface area contributed by atoms with E-state index in [9.17, 15) is 9.90 Å². The van der Waals surface area contributed by atoms with Crippen LogP contribution >= 0.6 is 11.6 Å². The highest BCUT2D eigenvalue weighted by Crippen LogP contribution is 2.32. The molecule has 1 aromatic heterocycles. The van der Waals surface area contributed by atoms with Crippen LogP contribution in [0.15, 0.2) is 28.8 Å². The lowest BCUT2D eigenvalue weighted by Crippen LogP contribution is -2.31. The molecule has 1 amide bonds. The largest absolute Gasteiger partial charge is 0.391 e. The maximum atomic E-state index is 12.5. The number of hydrogen-bond acceptors (Lipinski definition) is 5. The number of aryl methyl sites for hydroxylation is 2. The Bertz CT molecular complexity index is 719. The van der Waals surface area contributed by atoms with Crippen molar-refractivity contribution in [2.75, 3.05) is 6.54 Å². The van der Waals surface area contributed by atoms with Gasteiger partial charge in [0.05, 0.1) is 6.10 Å². The van der Waals surface area contributed by atoms with Gasteiger partial charge in [0.2, 0.25) is 11.8 Å². The van der Waals surface area contributed by atoms with Gasteiger partial charge in [0.25, 0.3) is 0 Å². The lowest BCUT2D eigenvalue weighted by Gasteiger charge is -2.21. The summed E-state index contributed by atoms with van der Waals surface area (Å²) in [6, 6.07) is 7.31. The maximum Gasteiger partial charge on any atom is 0.249 e. The number of β-amino-alcohol motifs (C(OH)–C–C–N with tert-alkyl or cyclic N) is 1. The summed E-state index contributed by atoms with van der Waals surface area (Å²) in [6.07, 6.45) is 1.70. The van der Waals surface area contributed by atoms with Crippen LogP contribution in [0.1, 0.15) is 42.6 Å². The van der Waals surface area contributed by atoms with Crippen molar-refractivity contribution in [2.45, 2.75) is 44.8 Å². The van der Waals surface area contributed by atoms with E-state index in [2.05, 4.69) is 10.1 Å². The van der Waals surface area contributed by atoms with E-state index >= 15 is 0 Å². The van der Waals surface area contributed by atoms with Gasteiger partial charge in [-0.1, -0.05) is 35.0 Å². The number of rotatable bonds is 5. The third-order valence-corrected chi connectivity index (χ3v) is 4.59. The summed E-state index contributed by atoms with van der Waals surface area (Å²) in [6.45, 7) is 2.03. The summed E-state index contributed by atoms with van der Waals surface area (Å²) in [5, 5.41) is 14.4. The summed E-state index contributed by atoms with van der Waals surface area (Å²) in [5.74, 6) is 0.903. The van der Waals surface area contributed by atoms with Gasteiger partial charge >= 0.3 is 0 Å². The average Bonchev–Trinajstić information content (AvgIpc) is 3.15. The fourth-order valence-corrected chi connectivity index (χ4v) is 3.28. The summed E-state index contributed by atoms with van der Waals surface area (Å²) in [5.41, 5.74) is 1.04. The van der Waals surface area contributed by atoms with E-state index in [1.54, 1.807) is 11.8 Å². The number of aliphatic hydroxyl groups is 1. The Balaban J connectivity index is 1.60. The van der Waals surface area contributed by atoms with Crippen LogP contribution < -0.4 is 0 Å². The maximum absolute atomic E-state index is 12.5. The van der Waals surface area contributed by atoms with Crippen molar-refractivity contribution in [2.24, 2.45) is 0 Å². The molecule has 1 aliphatic heterocycles. The van der Waals surface area contributed by atoms with Crippen molar-refractivity contribution in [1.29, 1.82) is 0 Å². The zero-order valence-corrected chi connectivity index (χ0v) is 14.2. The molecule has 24 heavy (non-hydrogen) atoms. The lowest BCUT2D eigenvalue weighted by atomic mass is 10.1. The van der Waals surface area contributed by atoms with Gasteiger partial charge in [-0.05, 0) is 31.4 Å². The van der Waals surface area contributed by atoms with Crippen LogP contribution in [0.4, 0.5) is 0 Å². The number of aromatic nitrogens is 2. The molecule has 0 spiro atoms. The molecule has 1 aromatic carbocycles. The molecule has 0 bridgehead atoms. The first kappa shape index (κ1) is 16.9. The fourth-order valence-electron chi connectivity index (χ4n) is 3.05. The van der Waals surface area contributed by atoms with Crippen LogP contribution in [-0.2, 0) is 11.2 Å². The van der Waals surface area contributed by atoms with Crippen molar-refractivity contribution in [3.8, 4) is 0 Å². The second kappa shape index (κ2) is 7.32. The zero-order chi connectivity index (χ0) is 17.1. The van der Waals surface area contributed by atoms with Crippen LogP contribution in [0, 0.1) is 6.92 Å². The molecule has 1 N–H and O–H groups in total. The molecule has 1 fully saturated rings. The Labute approximate surface area is 145 Å². The smallest absolute Gasteiger partial charge is 0.249 e. The molecule has 0 unspecified atom stereocenters. The fraction of sp³-hybridized carbons (Fsp3) is 0.471. The van der Waals surface area contributed by atoms with Gasteiger partial charge in [-0.25, -0.2) is 0 Å². The molecule has 2 atom stereocenters. The summed E-state index contributed by atoms with van der Waals surface area (Å²) in [7, 11) is 0. The van der Waals surface area contributed by atoms with Gasteiger partial charge in [0.15, 0.2) is 5.82 Å². The number of amides is 1. The first-order valence-corrected chi connectivity index (χ1v) is 8.43. The Kier molecular flexibility index (Phi) is 5.16. The van der Waals surface area contributed by atoms with Gasteiger partial charge in [0.1, 0.15) is 6.04 Å². The van der Waals surface area contributed by atoms with Gasteiger partial charge in [-0.3, -0.25) is 4.79 Å². The normalized spacial score (nSPS) is 20.5. The molecule has 2 aromatic rings. The minimum atomic E-state index is -0.560. The van der Waals surface area contributed by atoms with Crippen molar-refractivity contribution >= 4 is 17.5 Å². The van der Waals surface area contributed by atoms with E-state index in [1.807, 2.05) is 24.3 Å². The lowest BCUT2D eigenvalue weighted by molar-refractivity contribution is -0.133. The molecule has 7 heteroatoms. The quantitative estimate of drug-likeness (QED) is 0.897. The third-order valence-electron chi connectivity index (χ3n) is 4.22. The van der Waals surface area contributed by atoms with Crippen LogP contribution in [0.2, 0.25) is 5.02 Å². The van der Waals surface area contributed by atoms with E-state index in [-0.39, 0.29) is 11.9 Å². The number of likely N-dealkylation sites (tertiary alicyclic amines) is 1. The average molecular weight is 350 g/mol. The predicted octanol–water partition coefficient (Wildman–Crippen LogP) is 2.69. The Morgan fingerprint density at radius 2 is 2.25 bits per heavy atom. The van der Waals surface area contributed by atoms with Gasteiger partial charge in [-0.15, -0.1) is 0 Å². The van der Waals surface area contributed by atoms with E-state index in [0.717, 1.165) is 17.0 Å². The topological polar surface area (TPSA) is 79.5 Å². The summed E-state index contributed by atoms with van der Waals surface area (Å²) in [4.78, 5) is 18.4. The van der Waals surface area contributed by atoms with Crippen molar-refractivity contribution in [3.63, 3.8) is 0 Å². The number of carbonyl (C=O) groups excluding carboxylic acids is 1. The number of nitrogens with zero attached hydrogens (tertiary/aromatic N) is 3. The highest BCUT2D eigenvalue weighted by molar-refractivity contribution is 6.31. The minimum Gasteiger partial charge on any atom is -0.391 e. The van der Waals surface area contributed by atoms with Gasteiger partial charge in [-0.2, -0.15) is 4.98 Å². The second-order valence-corrected chi connectivity index (χ2v) is 6.48. The van der Waals surface area contributed by atoms with Crippen LogP contribution in [-0.4, -0.2) is 38.7 Å². The van der Waals surface area contributed by atoms with E-state index in [1.165, 1.54) is 0 Å². The van der Waals surface area contributed by atoms with Crippen molar-refractivity contribution in [3.05, 3.63) is 46.6 Å². The molecule has 128 valence electrons. The molecule has 2 heterocycles. The second-order valence-electron chi connectivity index (χ2n) is 6.08. The summed E-state index contributed by atoms with van der Waals surface area (Å²) >= 11 is 6.14. The Hall–Kier alpha value is -1.92. The number of carbonyl (C=O) groups is 1. The standard InChI is InChI=1S/C17H20ClN3O3/c1-11-19-17(24-20-11)15-9-13(22)10-21(15)16(23)8-4-6-12-5-2-3-7-14(12)18/h2-3,5,7,13,15,22H,4,6,8-10H2,1H3/t13-,15+/m0/s1. The van der Waals surface area contributed by atoms with Crippen LogP contribution in [0.5, 0.6) is 0 Å². The first-order chi connectivity index (χ1) is 11.5. The van der Waals surface area contributed by atoms with Crippen molar-refractivity contribution < 1.29 is 14.4 Å². The third kappa shape index (κ3) is 3.76. The molecule has 0 radical (unpaired) electrons. The number of benzene rings is 1. The SMILES string of the molecule is Cc1noc([C@H]2C[C@H](O)CN2C(=O)CCCc2ccccc2Cl)n1. The zero-order valence-electron chi connectivity index (χ0n) is 13.5. The molecule has 0 aliphatic carbocycles. The molecular formula is C17H20ClN3O3.